The number of rotatable bonds is 5. The summed E-state index contributed by atoms with van der Waals surface area (Å²) in [6.45, 7) is 5.63. The summed E-state index contributed by atoms with van der Waals surface area (Å²) in [7, 11) is 0. The molecule has 0 spiro atoms. The average Bonchev–Trinajstić information content (AvgIpc) is 2.57. The number of aliphatic carboxylic acids is 1. The second-order valence-corrected chi connectivity index (χ2v) is 5.14. The summed E-state index contributed by atoms with van der Waals surface area (Å²) in [5.41, 5.74) is 0.860. The maximum absolute atomic E-state index is 11.6. The quantitative estimate of drug-likeness (QED) is 0.765. The highest BCUT2D eigenvalue weighted by Crippen LogP contribution is 2.20. The normalized spacial score (nSPS) is 11.9. The lowest BCUT2D eigenvalue weighted by Crippen LogP contribution is -2.42. The van der Waals surface area contributed by atoms with E-state index in [9.17, 15) is 9.59 Å². The van der Waals surface area contributed by atoms with Crippen LogP contribution in [0.3, 0.4) is 0 Å². The van der Waals surface area contributed by atoms with Crippen molar-refractivity contribution in [2.75, 3.05) is 5.32 Å². The first-order valence-corrected chi connectivity index (χ1v) is 6.50. The van der Waals surface area contributed by atoms with Gasteiger partial charge < -0.3 is 10.4 Å². The molecule has 1 aromatic rings. The van der Waals surface area contributed by atoms with Gasteiger partial charge in [-0.25, -0.2) is 14.6 Å². The molecule has 0 bridgehead atoms. The van der Waals surface area contributed by atoms with Crippen molar-refractivity contribution in [3.63, 3.8) is 0 Å². The summed E-state index contributed by atoms with van der Waals surface area (Å²) in [5, 5.41) is 14.3. The molecule has 1 rings (SSSR count). The van der Waals surface area contributed by atoms with E-state index in [0.29, 0.717) is 18.0 Å². The predicted octanol–water partition coefficient (Wildman–Crippen LogP) is 2.13. The Hall–Kier alpha value is -1.63. The maximum atomic E-state index is 11.6. The van der Waals surface area contributed by atoms with E-state index in [1.807, 2.05) is 20.8 Å². The molecule has 6 nitrogen and oxygen atoms in total. The smallest absolute Gasteiger partial charge is 0.326 e. The van der Waals surface area contributed by atoms with E-state index in [0.717, 1.165) is 10.6 Å². The Labute approximate surface area is 109 Å². The van der Waals surface area contributed by atoms with Gasteiger partial charge in [-0.1, -0.05) is 13.3 Å². The molecule has 1 unspecified atom stereocenters. The van der Waals surface area contributed by atoms with Crippen molar-refractivity contribution in [1.29, 1.82) is 0 Å². The number of nitrogens with zero attached hydrogens (tertiary/aromatic N) is 1. The Morgan fingerprint density at radius 2 is 2.11 bits per heavy atom. The molecular weight excluding hydrogens is 254 g/mol. The lowest BCUT2D eigenvalue weighted by molar-refractivity contribution is -0.139. The van der Waals surface area contributed by atoms with Crippen LogP contribution in [0.5, 0.6) is 0 Å². The largest absolute Gasteiger partial charge is 0.480 e. The van der Waals surface area contributed by atoms with Gasteiger partial charge in [0.1, 0.15) is 6.04 Å². The van der Waals surface area contributed by atoms with Gasteiger partial charge in [0.05, 0.1) is 5.69 Å². The highest BCUT2D eigenvalue weighted by Gasteiger charge is 2.19. The number of carbonyl (C=O) groups excluding carboxylic acids is 1. The lowest BCUT2D eigenvalue weighted by Gasteiger charge is -2.13. The van der Waals surface area contributed by atoms with Gasteiger partial charge >= 0.3 is 12.0 Å². The minimum atomic E-state index is -1.03. The summed E-state index contributed by atoms with van der Waals surface area (Å²) in [4.78, 5) is 27.7. The van der Waals surface area contributed by atoms with Gasteiger partial charge in [0.2, 0.25) is 0 Å². The van der Waals surface area contributed by atoms with Crippen LogP contribution in [0.25, 0.3) is 0 Å². The van der Waals surface area contributed by atoms with E-state index in [4.69, 9.17) is 5.11 Å². The number of carboxylic acids is 1. The van der Waals surface area contributed by atoms with Gasteiger partial charge in [0, 0.05) is 4.88 Å². The van der Waals surface area contributed by atoms with Crippen LogP contribution in [0, 0.1) is 13.8 Å². The SMILES string of the molecule is CCCC(NC(=O)Nc1nc(C)c(C)s1)C(=O)O. The van der Waals surface area contributed by atoms with Crippen molar-refractivity contribution in [1.82, 2.24) is 10.3 Å². The fourth-order valence-corrected chi connectivity index (χ4v) is 2.17. The molecular formula is C11H17N3O3S. The fourth-order valence-electron chi connectivity index (χ4n) is 1.36. The molecule has 0 radical (unpaired) electrons. The van der Waals surface area contributed by atoms with Crippen LogP contribution in [0.15, 0.2) is 0 Å². The molecule has 100 valence electrons. The number of anilines is 1. The van der Waals surface area contributed by atoms with Gasteiger partial charge in [-0.3, -0.25) is 5.32 Å². The Balaban J connectivity index is 2.57. The van der Waals surface area contributed by atoms with Crippen molar-refractivity contribution in [2.24, 2.45) is 0 Å². The zero-order valence-corrected chi connectivity index (χ0v) is 11.4. The third-order valence-corrected chi connectivity index (χ3v) is 3.42. The Morgan fingerprint density at radius 1 is 1.44 bits per heavy atom. The molecule has 3 N–H and O–H groups in total. The number of urea groups is 1. The van der Waals surface area contributed by atoms with Gasteiger partial charge in [-0.15, -0.1) is 11.3 Å². The first-order chi connectivity index (χ1) is 8.43. The van der Waals surface area contributed by atoms with E-state index < -0.39 is 18.0 Å². The summed E-state index contributed by atoms with van der Waals surface area (Å²) >= 11 is 1.36. The van der Waals surface area contributed by atoms with Crippen LogP contribution in [0.4, 0.5) is 9.93 Å². The number of nitrogens with one attached hydrogen (secondary N) is 2. The number of thiazole rings is 1. The Kier molecular flexibility index (Phi) is 5.08. The van der Waals surface area contributed by atoms with Gasteiger partial charge in [0.25, 0.3) is 0 Å². The van der Waals surface area contributed by atoms with E-state index in [2.05, 4.69) is 15.6 Å². The molecule has 1 aromatic heterocycles. The second kappa shape index (κ2) is 6.34. The van der Waals surface area contributed by atoms with Crippen molar-refractivity contribution in [2.45, 2.75) is 39.7 Å². The molecule has 18 heavy (non-hydrogen) atoms. The minimum Gasteiger partial charge on any atom is -0.480 e. The van der Waals surface area contributed by atoms with E-state index in [-0.39, 0.29) is 0 Å². The number of hydrogen-bond acceptors (Lipinski definition) is 4. The lowest BCUT2D eigenvalue weighted by atomic mass is 10.2. The summed E-state index contributed by atoms with van der Waals surface area (Å²) in [5.74, 6) is -1.03. The Bertz CT molecular complexity index is 425. The van der Waals surface area contributed by atoms with Crippen LogP contribution >= 0.6 is 11.3 Å². The minimum absolute atomic E-state index is 0.401. The third kappa shape index (κ3) is 3.99. The van der Waals surface area contributed by atoms with Crippen molar-refractivity contribution in [3.05, 3.63) is 10.6 Å². The fraction of sp³-hybridized carbons (Fsp3) is 0.545. The number of hydrogen-bond donors (Lipinski definition) is 3. The van der Waals surface area contributed by atoms with Gasteiger partial charge in [0.15, 0.2) is 5.13 Å². The van der Waals surface area contributed by atoms with Gasteiger partial charge in [-0.05, 0) is 20.3 Å². The first kappa shape index (κ1) is 14.4. The van der Waals surface area contributed by atoms with Crippen LogP contribution in [0.2, 0.25) is 0 Å². The molecule has 1 heterocycles. The monoisotopic (exact) mass is 271 g/mol. The summed E-state index contributed by atoms with van der Waals surface area (Å²) in [6.07, 6.45) is 1.09. The van der Waals surface area contributed by atoms with Crippen molar-refractivity contribution < 1.29 is 14.7 Å². The molecule has 0 saturated heterocycles. The molecule has 1 atom stereocenters. The van der Waals surface area contributed by atoms with Crippen LogP contribution in [-0.2, 0) is 4.79 Å². The van der Waals surface area contributed by atoms with Gasteiger partial charge in [-0.2, -0.15) is 0 Å². The van der Waals surface area contributed by atoms with Crippen molar-refractivity contribution >= 4 is 28.5 Å². The molecule has 0 aliphatic carbocycles. The summed E-state index contributed by atoms with van der Waals surface area (Å²) < 4.78 is 0. The highest BCUT2D eigenvalue weighted by atomic mass is 32.1. The van der Waals surface area contributed by atoms with E-state index in [1.54, 1.807) is 0 Å². The second-order valence-electron chi connectivity index (χ2n) is 3.94. The van der Waals surface area contributed by atoms with Crippen LogP contribution < -0.4 is 10.6 Å². The number of carbonyl (C=O) groups is 2. The number of aryl methyl sites for hydroxylation is 2. The topological polar surface area (TPSA) is 91.3 Å². The Morgan fingerprint density at radius 3 is 2.56 bits per heavy atom. The molecule has 7 heteroatoms. The number of aromatic nitrogens is 1. The molecule has 0 aliphatic rings. The van der Waals surface area contributed by atoms with E-state index in [1.165, 1.54) is 11.3 Å². The molecule has 0 aromatic carbocycles. The van der Waals surface area contributed by atoms with Crippen LogP contribution in [0.1, 0.15) is 30.3 Å². The third-order valence-electron chi connectivity index (χ3n) is 2.43. The standard InChI is InChI=1S/C11H17N3O3S/c1-4-5-8(9(15)16)13-10(17)14-11-12-6(2)7(3)18-11/h8H,4-5H2,1-3H3,(H,15,16)(H2,12,13,14,17). The average molecular weight is 271 g/mol. The predicted molar refractivity (Wildman–Crippen MR) is 70.1 cm³/mol. The van der Waals surface area contributed by atoms with Crippen LogP contribution in [-0.4, -0.2) is 28.1 Å². The van der Waals surface area contributed by atoms with Crippen molar-refractivity contribution in [3.8, 4) is 0 Å². The molecule has 0 fully saturated rings. The number of carboxylic acid groups (broad SMARTS) is 1. The highest BCUT2D eigenvalue weighted by molar-refractivity contribution is 7.15. The molecule has 2 amide bonds. The summed E-state index contributed by atoms with van der Waals surface area (Å²) in [6, 6.07) is -1.40. The molecule has 0 saturated carbocycles. The zero-order chi connectivity index (χ0) is 13.7. The first-order valence-electron chi connectivity index (χ1n) is 5.68. The number of amides is 2. The zero-order valence-electron chi connectivity index (χ0n) is 10.6. The maximum Gasteiger partial charge on any atom is 0.326 e. The molecule has 0 aliphatic heterocycles. The van der Waals surface area contributed by atoms with E-state index >= 15 is 0 Å².